The Morgan fingerprint density at radius 3 is 2.36 bits per heavy atom. The third-order valence-electron chi connectivity index (χ3n) is 4.15. The van der Waals surface area contributed by atoms with Crippen LogP contribution in [0.15, 0.2) is 56.3 Å². The molecule has 0 unspecified atom stereocenters. The molecule has 3 rings (SSSR count). The predicted octanol–water partition coefficient (Wildman–Crippen LogP) is 4.08. The molecule has 6 nitrogen and oxygen atoms in total. The quantitative estimate of drug-likeness (QED) is 0.430. The van der Waals surface area contributed by atoms with Crippen LogP contribution in [0.5, 0.6) is 0 Å². The van der Waals surface area contributed by atoms with E-state index in [1.54, 1.807) is 24.3 Å². The smallest absolute Gasteiger partial charge is 0.340 e. The first-order valence-corrected chi connectivity index (χ1v) is 11.6. The Morgan fingerprint density at radius 2 is 1.75 bits per heavy atom. The summed E-state index contributed by atoms with van der Waals surface area (Å²) >= 11 is 6.53. The largest absolute Gasteiger partial charge is 0.451 e. The van der Waals surface area contributed by atoms with Crippen LogP contribution in [-0.4, -0.2) is 32.3 Å². The number of hydrogen-bond donors (Lipinski definition) is 1. The van der Waals surface area contributed by atoms with E-state index in [2.05, 4.69) is 36.6 Å². The molecule has 1 atom stereocenters. The molecule has 0 amide bonds. The van der Waals surface area contributed by atoms with Gasteiger partial charge in [0.05, 0.1) is 10.5 Å². The van der Waals surface area contributed by atoms with Crippen molar-refractivity contribution in [1.29, 1.82) is 0 Å². The van der Waals surface area contributed by atoms with Crippen molar-refractivity contribution < 1.29 is 22.7 Å². The number of nitrogens with one attached hydrogen (secondary N) is 1. The Bertz CT molecular complexity index is 1020. The van der Waals surface area contributed by atoms with E-state index in [4.69, 9.17) is 4.74 Å². The van der Waals surface area contributed by atoms with Crippen molar-refractivity contribution in [3.05, 3.63) is 62.5 Å². The van der Waals surface area contributed by atoms with Gasteiger partial charge in [-0.1, -0.05) is 28.1 Å². The molecule has 0 saturated heterocycles. The van der Waals surface area contributed by atoms with Crippen LogP contribution in [0, 0.1) is 0 Å². The van der Waals surface area contributed by atoms with E-state index in [1.165, 1.54) is 25.1 Å². The van der Waals surface area contributed by atoms with Crippen molar-refractivity contribution >= 4 is 53.6 Å². The number of ketones is 1. The molecule has 0 aromatic heterocycles. The highest BCUT2D eigenvalue weighted by Crippen LogP contribution is 2.26. The van der Waals surface area contributed by atoms with Gasteiger partial charge in [-0.25, -0.2) is 17.9 Å². The van der Waals surface area contributed by atoms with Gasteiger partial charge >= 0.3 is 5.97 Å². The minimum atomic E-state index is -3.71. The number of carbonyl (C=O) groups is 2. The SMILES string of the molecule is C[C@H](OC(=O)c1cc(S(=O)(=O)NC2CC2)ccc1Br)C(=O)c1ccc(Br)cc1. The number of benzene rings is 2. The van der Waals surface area contributed by atoms with E-state index in [-0.39, 0.29) is 22.3 Å². The molecule has 1 fully saturated rings. The van der Waals surface area contributed by atoms with Gasteiger partial charge in [-0.05, 0) is 66.0 Å². The third kappa shape index (κ3) is 5.08. The molecule has 1 saturated carbocycles. The lowest BCUT2D eigenvalue weighted by molar-refractivity contribution is 0.0317. The van der Waals surface area contributed by atoms with Crippen LogP contribution >= 0.6 is 31.9 Å². The second-order valence-electron chi connectivity index (χ2n) is 6.46. The van der Waals surface area contributed by atoms with E-state index >= 15 is 0 Å². The van der Waals surface area contributed by atoms with Crippen molar-refractivity contribution in [3.63, 3.8) is 0 Å². The van der Waals surface area contributed by atoms with Crippen molar-refractivity contribution in [2.45, 2.75) is 36.8 Å². The normalized spacial score (nSPS) is 15.1. The predicted molar refractivity (Wildman–Crippen MR) is 111 cm³/mol. The van der Waals surface area contributed by atoms with Gasteiger partial charge in [-0.2, -0.15) is 0 Å². The molecule has 28 heavy (non-hydrogen) atoms. The zero-order valence-corrected chi connectivity index (χ0v) is 18.8. The number of hydrogen-bond acceptors (Lipinski definition) is 5. The average Bonchev–Trinajstić information content (AvgIpc) is 3.45. The maximum Gasteiger partial charge on any atom is 0.340 e. The Morgan fingerprint density at radius 1 is 1.11 bits per heavy atom. The zero-order valence-electron chi connectivity index (χ0n) is 14.8. The van der Waals surface area contributed by atoms with E-state index < -0.39 is 22.1 Å². The topological polar surface area (TPSA) is 89.5 Å². The molecular formula is C19H17Br2NO5S. The maximum absolute atomic E-state index is 12.6. The fraction of sp³-hybridized carbons (Fsp3) is 0.263. The first-order chi connectivity index (χ1) is 13.2. The van der Waals surface area contributed by atoms with Crippen LogP contribution in [0.1, 0.15) is 40.5 Å². The Hall–Kier alpha value is -1.55. The summed E-state index contributed by atoms with van der Waals surface area (Å²) in [5.41, 5.74) is 0.446. The Labute approximate surface area is 180 Å². The van der Waals surface area contributed by atoms with Gasteiger partial charge in [-0.3, -0.25) is 4.79 Å². The lowest BCUT2D eigenvalue weighted by Gasteiger charge is -2.14. The third-order valence-corrected chi connectivity index (χ3v) is 6.89. The lowest BCUT2D eigenvalue weighted by Crippen LogP contribution is -2.27. The lowest BCUT2D eigenvalue weighted by atomic mass is 10.1. The van der Waals surface area contributed by atoms with Crippen LogP contribution in [0.2, 0.25) is 0 Å². The second kappa shape index (κ2) is 8.44. The molecule has 0 spiro atoms. The molecule has 0 radical (unpaired) electrons. The number of halogens is 2. The molecule has 2 aromatic rings. The standard InChI is InChI=1S/C19H17Br2NO5S/c1-11(18(23)12-2-4-13(20)5-3-12)27-19(24)16-10-15(8-9-17(16)21)28(25,26)22-14-6-7-14/h2-5,8-11,14,22H,6-7H2,1H3/t11-/m0/s1. The zero-order chi connectivity index (χ0) is 20.5. The van der Waals surface area contributed by atoms with Crippen molar-refractivity contribution in [2.75, 3.05) is 0 Å². The van der Waals surface area contributed by atoms with E-state index in [1.807, 2.05) is 0 Å². The highest BCUT2D eigenvalue weighted by Gasteiger charge is 2.29. The molecule has 1 aliphatic rings. The van der Waals surface area contributed by atoms with E-state index in [0.29, 0.717) is 10.0 Å². The fourth-order valence-electron chi connectivity index (χ4n) is 2.44. The summed E-state index contributed by atoms with van der Waals surface area (Å²) in [4.78, 5) is 25.0. The van der Waals surface area contributed by atoms with Crippen molar-refractivity contribution in [1.82, 2.24) is 4.72 Å². The summed E-state index contributed by atoms with van der Waals surface area (Å²) in [5, 5.41) is 0. The summed E-state index contributed by atoms with van der Waals surface area (Å²) in [6, 6.07) is 10.8. The molecule has 0 bridgehead atoms. The Balaban J connectivity index is 1.77. The number of sulfonamides is 1. The second-order valence-corrected chi connectivity index (χ2v) is 9.94. The highest BCUT2D eigenvalue weighted by atomic mass is 79.9. The van der Waals surface area contributed by atoms with Gasteiger partial charge in [0.2, 0.25) is 15.8 Å². The molecule has 1 aliphatic carbocycles. The number of rotatable bonds is 7. The number of esters is 1. The molecule has 2 aromatic carbocycles. The van der Waals surface area contributed by atoms with E-state index in [0.717, 1.165) is 17.3 Å². The maximum atomic E-state index is 12.6. The molecule has 0 heterocycles. The highest BCUT2D eigenvalue weighted by molar-refractivity contribution is 9.10. The van der Waals surface area contributed by atoms with Gasteiger partial charge in [0, 0.05) is 20.6 Å². The van der Waals surface area contributed by atoms with Gasteiger partial charge in [0.15, 0.2) is 6.10 Å². The minimum absolute atomic E-state index is 0.0264. The number of carbonyl (C=O) groups excluding carboxylic acids is 2. The van der Waals surface area contributed by atoms with Gasteiger partial charge in [0.1, 0.15) is 0 Å². The molecule has 9 heteroatoms. The first-order valence-electron chi connectivity index (χ1n) is 8.50. The van der Waals surface area contributed by atoms with Gasteiger partial charge in [0.25, 0.3) is 0 Å². The summed E-state index contributed by atoms with van der Waals surface area (Å²) < 4.78 is 33.8. The van der Waals surface area contributed by atoms with Crippen LogP contribution in [0.25, 0.3) is 0 Å². The van der Waals surface area contributed by atoms with Gasteiger partial charge in [-0.15, -0.1) is 0 Å². The van der Waals surface area contributed by atoms with E-state index in [9.17, 15) is 18.0 Å². The molecule has 148 valence electrons. The van der Waals surface area contributed by atoms with Gasteiger partial charge < -0.3 is 4.74 Å². The Kier molecular flexibility index (Phi) is 6.38. The minimum Gasteiger partial charge on any atom is -0.451 e. The van der Waals surface area contributed by atoms with Crippen LogP contribution in [0.4, 0.5) is 0 Å². The summed E-state index contributed by atoms with van der Waals surface area (Å²) in [5.74, 6) is -1.13. The fourth-order valence-corrected chi connectivity index (χ4v) is 4.45. The summed E-state index contributed by atoms with van der Waals surface area (Å²) in [6.07, 6.45) is 0.589. The number of Topliss-reactive ketones (excluding diaryl/α,β-unsaturated/α-hetero) is 1. The number of ether oxygens (including phenoxy) is 1. The van der Waals surface area contributed by atoms with Crippen molar-refractivity contribution in [2.24, 2.45) is 0 Å². The summed E-state index contributed by atoms with van der Waals surface area (Å²) in [7, 11) is -3.71. The van der Waals surface area contributed by atoms with Crippen LogP contribution in [0.3, 0.4) is 0 Å². The average molecular weight is 531 g/mol. The summed E-state index contributed by atoms with van der Waals surface area (Å²) in [6.45, 7) is 1.48. The molecular weight excluding hydrogens is 514 g/mol. The van der Waals surface area contributed by atoms with Crippen LogP contribution in [-0.2, 0) is 14.8 Å². The monoisotopic (exact) mass is 529 g/mol. The first kappa shape index (κ1) is 21.2. The van der Waals surface area contributed by atoms with Crippen LogP contribution < -0.4 is 4.72 Å². The van der Waals surface area contributed by atoms with Crippen molar-refractivity contribution in [3.8, 4) is 0 Å². The molecule has 0 aliphatic heterocycles. The molecule has 1 N–H and O–H groups in total.